The molecule has 0 aromatic heterocycles. The summed E-state index contributed by atoms with van der Waals surface area (Å²) >= 11 is 0. The number of nitrogens with zero attached hydrogens (tertiary/aromatic N) is 1. The molecule has 6 nitrogen and oxygen atoms in total. The molecule has 3 aromatic rings. The molecule has 166 valence electrons. The zero-order valence-corrected chi connectivity index (χ0v) is 18.3. The van der Waals surface area contributed by atoms with Gasteiger partial charge in [0.15, 0.2) is 0 Å². The standard InChI is InChI=1S/C27H23NO5/c1-16-8-9-17(2)21(14-16)24(29)22-23(19-6-4-3-5-7-19)28(26(31)25(22)30)15-18-10-12-20(13-11-18)27(32)33/h3-14,23,29H,15H2,1-2H3,(H,32,33)/b24-22+. The summed E-state index contributed by atoms with van der Waals surface area (Å²) in [5.41, 5.74) is 3.78. The summed E-state index contributed by atoms with van der Waals surface area (Å²) in [5, 5.41) is 20.4. The predicted octanol–water partition coefficient (Wildman–Crippen LogP) is 4.62. The molecule has 1 aliphatic rings. The third-order valence-electron chi connectivity index (χ3n) is 5.86. The Labute approximate surface area is 191 Å². The molecule has 2 N–H and O–H groups in total. The number of Topliss-reactive ketones (excluding diaryl/α,β-unsaturated/α-hetero) is 1. The molecule has 1 fully saturated rings. The van der Waals surface area contributed by atoms with Crippen LogP contribution in [0.3, 0.4) is 0 Å². The molecule has 1 atom stereocenters. The van der Waals surface area contributed by atoms with Gasteiger partial charge in [-0.3, -0.25) is 9.59 Å². The van der Waals surface area contributed by atoms with Crippen molar-refractivity contribution in [1.29, 1.82) is 0 Å². The van der Waals surface area contributed by atoms with Gasteiger partial charge in [0.1, 0.15) is 5.76 Å². The van der Waals surface area contributed by atoms with E-state index in [1.54, 1.807) is 18.2 Å². The van der Waals surface area contributed by atoms with E-state index in [0.29, 0.717) is 16.7 Å². The number of aliphatic hydroxyl groups is 1. The molecule has 1 unspecified atom stereocenters. The lowest BCUT2D eigenvalue weighted by atomic mass is 9.93. The molecule has 0 saturated carbocycles. The van der Waals surface area contributed by atoms with Gasteiger partial charge in [0.25, 0.3) is 11.7 Å². The summed E-state index contributed by atoms with van der Waals surface area (Å²) in [4.78, 5) is 38.8. The molecule has 1 amide bonds. The number of rotatable bonds is 5. The van der Waals surface area contributed by atoms with E-state index in [-0.39, 0.29) is 23.4 Å². The van der Waals surface area contributed by atoms with Crippen molar-refractivity contribution < 1.29 is 24.6 Å². The Hall–Kier alpha value is -4.19. The van der Waals surface area contributed by atoms with Gasteiger partial charge in [-0.05, 0) is 48.7 Å². The van der Waals surface area contributed by atoms with Crippen LogP contribution in [-0.4, -0.2) is 32.8 Å². The second-order valence-electron chi connectivity index (χ2n) is 8.16. The smallest absolute Gasteiger partial charge is 0.335 e. The normalized spacial score (nSPS) is 17.4. The highest BCUT2D eigenvalue weighted by Gasteiger charge is 2.46. The molecule has 0 radical (unpaired) electrons. The fourth-order valence-electron chi connectivity index (χ4n) is 4.11. The summed E-state index contributed by atoms with van der Waals surface area (Å²) in [6, 6.07) is 20.1. The number of aromatic carboxylic acids is 1. The molecule has 4 rings (SSSR count). The first-order valence-corrected chi connectivity index (χ1v) is 10.5. The number of carbonyl (C=O) groups is 3. The number of benzene rings is 3. The third kappa shape index (κ3) is 4.15. The quantitative estimate of drug-likeness (QED) is 0.342. The van der Waals surface area contributed by atoms with Crippen LogP contribution in [0.4, 0.5) is 0 Å². The van der Waals surface area contributed by atoms with Crippen molar-refractivity contribution in [2.24, 2.45) is 0 Å². The van der Waals surface area contributed by atoms with Crippen molar-refractivity contribution in [3.63, 3.8) is 0 Å². The van der Waals surface area contributed by atoms with Gasteiger partial charge in [0.05, 0.1) is 17.2 Å². The zero-order chi connectivity index (χ0) is 23.7. The van der Waals surface area contributed by atoms with Crippen LogP contribution in [0.1, 0.15) is 44.2 Å². The second kappa shape index (κ2) is 8.74. The second-order valence-corrected chi connectivity index (χ2v) is 8.16. The van der Waals surface area contributed by atoms with Gasteiger partial charge in [-0.1, -0.05) is 60.2 Å². The highest BCUT2D eigenvalue weighted by Crippen LogP contribution is 2.40. The van der Waals surface area contributed by atoms with Crippen molar-refractivity contribution in [3.8, 4) is 0 Å². The molecule has 0 bridgehead atoms. The van der Waals surface area contributed by atoms with Crippen LogP contribution in [0, 0.1) is 13.8 Å². The van der Waals surface area contributed by atoms with Crippen molar-refractivity contribution >= 4 is 23.4 Å². The molecule has 6 heteroatoms. The fraction of sp³-hybridized carbons (Fsp3) is 0.148. The lowest BCUT2D eigenvalue weighted by Gasteiger charge is -2.25. The lowest BCUT2D eigenvalue weighted by Crippen LogP contribution is -2.29. The largest absolute Gasteiger partial charge is 0.507 e. The van der Waals surface area contributed by atoms with Crippen molar-refractivity contribution in [3.05, 3.63) is 112 Å². The Morgan fingerprint density at radius 1 is 0.909 bits per heavy atom. The summed E-state index contributed by atoms with van der Waals surface area (Å²) in [7, 11) is 0. The molecule has 3 aromatic carbocycles. The molecule has 0 aliphatic carbocycles. The van der Waals surface area contributed by atoms with Crippen LogP contribution < -0.4 is 0 Å². The van der Waals surface area contributed by atoms with Crippen molar-refractivity contribution in [2.75, 3.05) is 0 Å². The Morgan fingerprint density at radius 3 is 2.21 bits per heavy atom. The molecular weight excluding hydrogens is 418 g/mol. The van der Waals surface area contributed by atoms with Gasteiger partial charge in [-0.2, -0.15) is 0 Å². The average molecular weight is 441 g/mol. The number of ketones is 1. The highest BCUT2D eigenvalue weighted by atomic mass is 16.4. The maximum atomic E-state index is 13.2. The van der Waals surface area contributed by atoms with Gasteiger partial charge in [0, 0.05) is 12.1 Å². The van der Waals surface area contributed by atoms with Gasteiger partial charge in [0.2, 0.25) is 0 Å². The van der Waals surface area contributed by atoms with Gasteiger partial charge >= 0.3 is 5.97 Å². The highest BCUT2D eigenvalue weighted by molar-refractivity contribution is 6.46. The first-order valence-electron chi connectivity index (χ1n) is 10.5. The first kappa shape index (κ1) is 22.0. The third-order valence-corrected chi connectivity index (χ3v) is 5.86. The van der Waals surface area contributed by atoms with Crippen LogP contribution in [0.2, 0.25) is 0 Å². The number of hydrogen-bond acceptors (Lipinski definition) is 4. The van der Waals surface area contributed by atoms with Crippen LogP contribution in [0.25, 0.3) is 5.76 Å². The van der Waals surface area contributed by atoms with Crippen LogP contribution in [0.5, 0.6) is 0 Å². The molecule has 0 spiro atoms. The number of carboxylic acid groups (broad SMARTS) is 1. The number of aryl methyl sites for hydroxylation is 2. The van der Waals surface area contributed by atoms with Crippen molar-refractivity contribution in [2.45, 2.75) is 26.4 Å². The van der Waals surface area contributed by atoms with E-state index in [1.165, 1.54) is 17.0 Å². The number of carboxylic acids is 1. The minimum absolute atomic E-state index is 0.0436. The first-order chi connectivity index (χ1) is 15.8. The molecule has 33 heavy (non-hydrogen) atoms. The predicted molar refractivity (Wildman–Crippen MR) is 124 cm³/mol. The summed E-state index contributed by atoms with van der Waals surface area (Å²) in [6.07, 6.45) is 0. The topological polar surface area (TPSA) is 94.9 Å². The molecule has 1 saturated heterocycles. The van der Waals surface area contributed by atoms with E-state index in [0.717, 1.165) is 11.1 Å². The SMILES string of the molecule is Cc1ccc(C)c(/C(O)=C2\C(=O)C(=O)N(Cc3ccc(C(=O)O)cc3)C2c2ccccc2)c1. The van der Waals surface area contributed by atoms with Gasteiger partial charge < -0.3 is 15.1 Å². The summed E-state index contributed by atoms with van der Waals surface area (Å²) in [6.45, 7) is 3.82. The fourth-order valence-corrected chi connectivity index (χ4v) is 4.11. The lowest BCUT2D eigenvalue weighted by molar-refractivity contribution is -0.140. The minimum atomic E-state index is -1.04. The number of amides is 1. The Morgan fingerprint density at radius 2 is 1.58 bits per heavy atom. The summed E-state index contributed by atoms with van der Waals surface area (Å²) in [5.74, 6) is -2.70. The molecular formula is C27H23NO5. The van der Waals surface area contributed by atoms with Crippen LogP contribution >= 0.6 is 0 Å². The number of carbonyl (C=O) groups excluding carboxylic acids is 2. The molecule has 1 aliphatic heterocycles. The zero-order valence-electron chi connectivity index (χ0n) is 18.3. The number of hydrogen-bond donors (Lipinski definition) is 2. The Balaban J connectivity index is 1.83. The van der Waals surface area contributed by atoms with E-state index < -0.39 is 23.7 Å². The van der Waals surface area contributed by atoms with E-state index in [4.69, 9.17) is 5.11 Å². The van der Waals surface area contributed by atoms with Crippen LogP contribution in [0.15, 0.2) is 78.4 Å². The van der Waals surface area contributed by atoms with E-state index >= 15 is 0 Å². The van der Waals surface area contributed by atoms with Crippen molar-refractivity contribution in [1.82, 2.24) is 4.90 Å². The van der Waals surface area contributed by atoms with E-state index in [1.807, 2.05) is 56.3 Å². The van der Waals surface area contributed by atoms with E-state index in [2.05, 4.69) is 0 Å². The number of aliphatic hydroxyl groups excluding tert-OH is 1. The van der Waals surface area contributed by atoms with E-state index in [9.17, 15) is 19.5 Å². The Bertz CT molecular complexity index is 1280. The monoisotopic (exact) mass is 441 g/mol. The van der Waals surface area contributed by atoms with Gasteiger partial charge in [-0.25, -0.2) is 4.79 Å². The number of likely N-dealkylation sites (tertiary alicyclic amines) is 1. The summed E-state index contributed by atoms with van der Waals surface area (Å²) < 4.78 is 0. The molecule has 1 heterocycles. The Kier molecular flexibility index (Phi) is 5.84. The average Bonchev–Trinajstić information content (AvgIpc) is 3.06. The van der Waals surface area contributed by atoms with Gasteiger partial charge in [-0.15, -0.1) is 0 Å². The maximum Gasteiger partial charge on any atom is 0.335 e. The maximum absolute atomic E-state index is 13.2. The van der Waals surface area contributed by atoms with Crippen LogP contribution in [-0.2, 0) is 16.1 Å². The minimum Gasteiger partial charge on any atom is -0.507 e.